The Hall–Kier alpha value is -0.810. The molecular weight excluding hydrogens is 218 g/mol. The first-order chi connectivity index (χ1) is 8.08. The quantitative estimate of drug-likeness (QED) is 0.281. The number of nitrogens with one attached hydrogen (secondary N) is 1. The number of amidine groups is 1. The fourth-order valence-corrected chi connectivity index (χ4v) is 2.58. The zero-order valence-electron chi connectivity index (χ0n) is 10.5. The van der Waals surface area contributed by atoms with E-state index in [-0.39, 0.29) is 11.0 Å². The Bertz CT molecular complexity index is 294. The van der Waals surface area contributed by atoms with Crippen molar-refractivity contribution in [3.05, 3.63) is 0 Å². The minimum atomic E-state index is 0.00664. The number of hydrogen-bond acceptors (Lipinski definition) is 4. The summed E-state index contributed by atoms with van der Waals surface area (Å²) in [6, 6.07) is 0. The smallest absolute Gasteiger partial charge is 0.139 e. The summed E-state index contributed by atoms with van der Waals surface area (Å²) in [6.45, 7) is 4.87. The summed E-state index contributed by atoms with van der Waals surface area (Å²) in [6.07, 6.45) is 5.30. The van der Waals surface area contributed by atoms with Crippen LogP contribution < -0.4 is 11.1 Å². The van der Waals surface area contributed by atoms with Crippen molar-refractivity contribution in [1.29, 1.82) is 0 Å². The van der Waals surface area contributed by atoms with Crippen molar-refractivity contribution in [3.63, 3.8) is 0 Å². The van der Waals surface area contributed by atoms with Crippen molar-refractivity contribution in [1.82, 2.24) is 5.32 Å². The third-order valence-electron chi connectivity index (χ3n) is 3.94. The van der Waals surface area contributed by atoms with E-state index in [1.165, 1.54) is 0 Å². The topological polar surface area (TPSA) is 79.9 Å². The van der Waals surface area contributed by atoms with Crippen LogP contribution >= 0.6 is 0 Å². The van der Waals surface area contributed by atoms with Gasteiger partial charge >= 0.3 is 0 Å². The van der Waals surface area contributed by atoms with E-state index in [2.05, 4.69) is 17.4 Å². The van der Waals surface area contributed by atoms with Gasteiger partial charge in [-0.1, -0.05) is 5.16 Å². The van der Waals surface area contributed by atoms with Crippen LogP contribution in [0.15, 0.2) is 5.16 Å². The number of nitrogens with zero attached hydrogens (tertiary/aromatic N) is 1. The molecule has 1 aliphatic heterocycles. The van der Waals surface area contributed by atoms with Crippen LogP contribution in [0.25, 0.3) is 0 Å². The number of oxime groups is 1. The summed E-state index contributed by atoms with van der Waals surface area (Å²) in [5.41, 5.74) is 5.80. The fraction of sp³-hybridized carbons (Fsp3) is 0.917. The van der Waals surface area contributed by atoms with Gasteiger partial charge in [-0.3, -0.25) is 0 Å². The molecule has 0 radical (unpaired) electrons. The molecule has 1 atom stereocenters. The van der Waals surface area contributed by atoms with E-state index in [1.807, 2.05) is 0 Å². The summed E-state index contributed by atoms with van der Waals surface area (Å²) in [4.78, 5) is 0. The lowest BCUT2D eigenvalue weighted by molar-refractivity contribution is 0.0201. The Labute approximate surface area is 102 Å². The molecule has 1 unspecified atom stereocenters. The molecular formula is C12H23N3O2. The molecule has 2 aliphatic rings. The minimum Gasteiger partial charge on any atom is -0.409 e. The van der Waals surface area contributed by atoms with Crippen molar-refractivity contribution in [2.24, 2.45) is 16.3 Å². The first kappa shape index (κ1) is 12.6. The maximum absolute atomic E-state index is 8.59. The lowest BCUT2D eigenvalue weighted by Gasteiger charge is -2.25. The summed E-state index contributed by atoms with van der Waals surface area (Å²) >= 11 is 0. The molecule has 0 amide bonds. The molecule has 17 heavy (non-hydrogen) atoms. The third kappa shape index (κ3) is 3.33. The normalized spacial score (nSPS) is 31.7. The molecule has 0 aromatic rings. The van der Waals surface area contributed by atoms with Gasteiger partial charge in [-0.15, -0.1) is 0 Å². The van der Waals surface area contributed by atoms with Crippen molar-refractivity contribution >= 4 is 5.84 Å². The van der Waals surface area contributed by atoms with Crippen molar-refractivity contribution in [2.75, 3.05) is 19.7 Å². The van der Waals surface area contributed by atoms with Gasteiger partial charge in [0.05, 0.1) is 5.60 Å². The van der Waals surface area contributed by atoms with Crippen LogP contribution in [0.3, 0.4) is 0 Å². The lowest BCUT2D eigenvalue weighted by Crippen LogP contribution is -2.40. The Morgan fingerprint density at radius 1 is 1.41 bits per heavy atom. The van der Waals surface area contributed by atoms with Crippen LogP contribution in [0, 0.1) is 5.41 Å². The third-order valence-corrected chi connectivity index (χ3v) is 3.94. The summed E-state index contributed by atoms with van der Waals surface area (Å²) in [5.74, 6) is 0.340. The average Bonchev–Trinajstić information content (AvgIpc) is 2.91. The highest BCUT2D eigenvalue weighted by Gasteiger charge is 2.43. The maximum atomic E-state index is 8.59. The van der Waals surface area contributed by atoms with Gasteiger partial charge in [-0.25, -0.2) is 0 Å². The molecule has 2 fully saturated rings. The Morgan fingerprint density at radius 2 is 2.18 bits per heavy atom. The van der Waals surface area contributed by atoms with Crippen LogP contribution in [0.2, 0.25) is 0 Å². The van der Waals surface area contributed by atoms with Gasteiger partial charge in [-0.2, -0.15) is 0 Å². The Morgan fingerprint density at radius 3 is 2.71 bits per heavy atom. The van der Waals surface area contributed by atoms with Crippen molar-refractivity contribution < 1.29 is 9.94 Å². The van der Waals surface area contributed by atoms with E-state index >= 15 is 0 Å². The van der Waals surface area contributed by atoms with Gasteiger partial charge in [-0.05, 0) is 38.0 Å². The van der Waals surface area contributed by atoms with Crippen LogP contribution in [-0.4, -0.2) is 36.3 Å². The summed E-state index contributed by atoms with van der Waals surface area (Å²) in [7, 11) is 0. The van der Waals surface area contributed by atoms with Crippen LogP contribution in [0.4, 0.5) is 0 Å². The first-order valence-corrected chi connectivity index (χ1v) is 6.39. The van der Waals surface area contributed by atoms with Gasteiger partial charge in [0.25, 0.3) is 0 Å². The van der Waals surface area contributed by atoms with E-state index in [0.717, 1.165) is 45.4 Å². The Balaban J connectivity index is 1.71. The zero-order valence-corrected chi connectivity index (χ0v) is 10.5. The maximum Gasteiger partial charge on any atom is 0.139 e. The standard InChI is InChI=1S/C12H23N3O2/c1-11(3-2-6-17-11)8-14-9-12(4-5-12)7-10(13)15-16/h14,16H,2-9H2,1H3,(H2,13,15). The SMILES string of the molecule is CC1(CNCC2(CC(N)=NO)CC2)CCCO1. The highest BCUT2D eigenvalue weighted by atomic mass is 16.5. The zero-order chi connectivity index (χ0) is 12.4. The van der Waals surface area contributed by atoms with E-state index in [9.17, 15) is 0 Å². The Kier molecular flexibility index (Phi) is 3.58. The van der Waals surface area contributed by atoms with Crippen LogP contribution in [-0.2, 0) is 4.74 Å². The van der Waals surface area contributed by atoms with E-state index in [0.29, 0.717) is 12.3 Å². The summed E-state index contributed by atoms with van der Waals surface area (Å²) in [5, 5.41) is 15.1. The van der Waals surface area contributed by atoms with Gasteiger partial charge < -0.3 is 21.0 Å². The van der Waals surface area contributed by atoms with Crippen LogP contribution in [0.5, 0.6) is 0 Å². The molecule has 98 valence electrons. The average molecular weight is 241 g/mol. The number of nitrogens with two attached hydrogens (primary N) is 1. The molecule has 4 N–H and O–H groups in total. The monoisotopic (exact) mass is 241 g/mol. The van der Waals surface area contributed by atoms with Gasteiger partial charge in [0, 0.05) is 26.1 Å². The molecule has 1 aliphatic carbocycles. The first-order valence-electron chi connectivity index (χ1n) is 6.39. The molecule has 5 nitrogen and oxygen atoms in total. The second kappa shape index (κ2) is 4.82. The molecule has 0 aromatic carbocycles. The molecule has 0 aromatic heterocycles. The fourth-order valence-electron chi connectivity index (χ4n) is 2.58. The second-order valence-electron chi connectivity index (χ2n) is 5.77. The molecule has 1 heterocycles. The molecule has 0 bridgehead atoms. The second-order valence-corrected chi connectivity index (χ2v) is 5.77. The number of rotatable bonds is 6. The highest BCUT2D eigenvalue weighted by Crippen LogP contribution is 2.48. The van der Waals surface area contributed by atoms with E-state index in [1.54, 1.807) is 0 Å². The predicted molar refractivity (Wildman–Crippen MR) is 66.2 cm³/mol. The van der Waals surface area contributed by atoms with Crippen molar-refractivity contribution in [2.45, 2.75) is 44.6 Å². The largest absolute Gasteiger partial charge is 0.409 e. The molecule has 1 saturated heterocycles. The van der Waals surface area contributed by atoms with Crippen LogP contribution in [0.1, 0.15) is 39.0 Å². The predicted octanol–water partition coefficient (Wildman–Crippen LogP) is 1.06. The van der Waals surface area contributed by atoms with Gasteiger partial charge in [0.2, 0.25) is 0 Å². The molecule has 1 saturated carbocycles. The number of ether oxygens (including phenoxy) is 1. The minimum absolute atomic E-state index is 0.00664. The molecule has 0 spiro atoms. The number of hydrogen-bond donors (Lipinski definition) is 3. The van der Waals surface area contributed by atoms with Gasteiger partial charge in [0.15, 0.2) is 0 Å². The lowest BCUT2D eigenvalue weighted by atomic mass is 10.00. The molecule has 2 rings (SSSR count). The summed E-state index contributed by atoms with van der Waals surface area (Å²) < 4.78 is 5.73. The molecule has 5 heteroatoms. The highest BCUT2D eigenvalue weighted by molar-refractivity contribution is 5.80. The van der Waals surface area contributed by atoms with Crippen molar-refractivity contribution in [3.8, 4) is 0 Å². The van der Waals surface area contributed by atoms with Gasteiger partial charge in [0.1, 0.15) is 5.84 Å². The van der Waals surface area contributed by atoms with E-state index < -0.39 is 0 Å². The van der Waals surface area contributed by atoms with E-state index in [4.69, 9.17) is 15.7 Å².